The average molecular weight is 366 g/mol. The summed E-state index contributed by atoms with van der Waals surface area (Å²) in [5.74, 6) is 2.39. The number of morpholine rings is 1. The number of hydrogen-bond donors (Lipinski definition) is 2. The van der Waals surface area contributed by atoms with E-state index in [0.29, 0.717) is 18.5 Å². The van der Waals surface area contributed by atoms with Gasteiger partial charge in [0.15, 0.2) is 11.8 Å². The Morgan fingerprint density at radius 1 is 1.23 bits per heavy atom. The van der Waals surface area contributed by atoms with Crippen LogP contribution in [0.3, 0.4) is 0 Å². The Hall–Kier alpha value is -1.67. The second kappa shape index (κ2) is 11.1. The number of aryl methyl sites for hydroxylation is 1. The lowest BCUT2D eigenvalue weighted by molar-refractivity contribution is 0.00272. The minimum absolute atomic E-state index is 0.492. The third-order valence-electron chi connectivity index (χ3n) is 5.26. The number of rotatable bonds is 9. The van der Waals surface area contributed by atoms with Gasteiger partial charge in [0.05, 0.1) is 19.8 Å². The standard InChI is InChI=1S/C18H35N7O/c1-5-15(6-2)16(25-8-10-26-11-9-25)12-20-18(19-4)21-13-17-23-22-14-24(17)7-3/h14-16H,5-13H2,1-4H3,(H2,19,20,21). The van der Waals surface area contributed by atoms with Crippen LogP contribution in [-0.2, 0) is 17.8 Å². The van der Waals surface area contributed by atoms with Crippen LogP contribution in [0.15, 0.2) is 11.3 Å². The molecule has 2 heterocycles. The first-order valence-electron chi connectivity index (χ1n) is 9.86. The van der Waals surface area contributed by atoms with Crippen LogP contribution in [0.25, 0.3) is 0 Å². The summed E-state index contributed by atoms with van der Waals surface area (Å²) in [6, 6.07) is 0.492. The summed E-state index contributed by atoms with van der Waals surface area (Å²) in [6.45, 7) is 12.7. The zero-order valence-corrected chi connectivity index (χ0v) is 16.7. The number of guanidine groups is 1. The molecule has 2 N–H and O–H groups in total. The van der Waals surface area contributed by atoms with Crippen molar-refractivity contribution in [2.24, 2.45) is 10.9 Å². The topological polar surface area (TPSA) is 79.6 Å². The van der Waals surface area contributed by atoms with E-state index in [-0.39, 0.29) is 0 Å². The number of nitrogens with one attached hydrogen (secondary N) is 2. The Morgan fingerprint density at radius 2 is 1.96 bits per heavy atom. The third-order valence-corrected chi connectivity index (χ3v) is 5.26. The van der Waals surface area contributed by atoms with Crippen LogP contribution < -0.4 is 10.6 Å². The second-order valence-corrected chi connectivity index (χ2v) is 6.63. The molecule has 0 aliphatic carbocycles. The maximum atomic E-state index is 5.53. The molecule has 2 rings (SSSR count). The van der Waals surface area contributed by atoms with Gasteiger partial charge in [0.1, 0.15) is 6.33 Å². The van der Waals surface area contributed by atoms with E-state index in [4.69, 9.17) is 4.74 Å². The molecule has 1 atom stereocenters. The molecular weight excluding hydrogens is 330 g/mol. The molecule has 0 amide bonds. The molecule has 8 nitrogen and oxygen atoms in total. The normalized spacial score (nSPS) is 17.5. The second-order valence-electron chi connectivity index (χ2n) is 6.63. The Labute approximate surface area is 157 Å². The summed E-state index contributed by atoms with van der Waals surface area (Å²) < 4.78 is 7.56. The van der Waals surface area contributed by atoms with Gasteiger partial charge in [0.2, 0.25) is 0 Å². The first-order chi connectivity index (χ1) is 12.7. The summed E-state index contributed by atoms with van der Waals surface area (Å²) in [5.41, 5.74) is 0. The molecule has 1 aliphatic rings. The summed E-state index contributed by atoms with van der Waals surface area (Å²) >= 11 is 0. The molecule has 0 spiro atoms. The predicted molar refractivity (Wildman–Crippen MR) is 104 cm³/mol. The summed E-state index contributed by atoms with van der Waals surface area (Å²) in [5, 5.41) is 15.0. The first-order valence-corrected chi connectivity index (χ1v) is 9.86. The molecule has 148 valence electrons. The van der Waals surface area contributed by atoms with Gasteiger partial charge in [-0.3, -0.25) is 9.89 Å². The van der Waals surface area contributed by atoms with Crippen molar-refractivity contribution in [2.75, 3.05) is 39.9 Å². The van der Waals surface area contributed by atoms with Crippen molar-refractivity contribution in [1.29, 1.82) is 0 Å². The summed E-state index contributed by atoms with van der Waals surface area (Å²) in [4.78, 5) is 6.93. The minimum Gasteiger partial charge on any atom is -0.379 e. The van der Waals surface area contributed by atoms with E-state index in [9.17, 15) is 0 Å². The Morgan fingerprint density at radius 3 is 2.58 bits per heavy atom. The maximum absolute atomic E-state index is 5.53. The molecule has 1 aliphatic heterocycles. The van der Waals surface area contributed by atoms with Crippen LogP contribution in [0, 0.1) is 5.92 Å². The van der Waals surface area contributed by atoms with Crippen molar-refractivity contribution in [2.45, 2.75) is 52.7 Å². The van der Waals surface area contributed by atoms with E-state index in [1.165, 1.54) is 12.8 Å². The Balaban J connectivity index is 1.91. The van der Waals surface area contributed by atoms with Gasteiger partial charge >= 0.3 is 0 Å². The molecule has 8 heteroatoms. The van der Waals surface area contributed by atoms with Gasteiger partial charge in [0, 0.05) is 39.3 Å². The van der Waals surface area contributed by atoms with E-state index in [0.717, 1.165) is 51.2 Å². The maximum Gasteiger partial charge on any atom is 0.191 e. The molecule has 0 bridgehead atoms. The number of hydrogen-bond acceptors (Lipinski definition) is 5. The highest BCUT2D eigenvalue weighted by Gasteiger charge is 2.27. The molecule has 1 fully saturated rings. The van der Waals surface area contributed by atoms with E-state index in [1.807, 2.05) is 4.57 Å². The first kappa shape index (κ1) is 20.6. The fraction of sp³-hybridized carbons (Fsp3) is 0.833. The SMILES string of the molecule is CCC(CC)C(CNC(=NC)NCc1nncn1CC)N1CCOCC1. The van der Waals surface area contributed by atoms with Crippen molar-refractivity contribution in [3.8, 4) is 0 Å². The minimum atomic E-state index is 0.492. The van der Waals surface area contributed by atoms with Crippen LogP contribution >= 0.6 is 0 Å². The predicted octanol–water partition coefficient (Wildman–Crippen LogP) is 1.10. The molecular formula is C18H35N7O. The van der Waals surface area contributed by atoms with Gasteiger partial charge in [-0.05, 0) is 12.8 Å². The molecule has 0 saturated carbocycles. The third kappa shape index (κ3) is 5.67. The highest BCUT2D eigenvalue weighted by molar-refractivity contribution is 5.79. The van der Waals surface area contributed by atoms with Crippen molar-refractivity contribution in [3.63, 3.8) is 0 Å². The van der Waals surface area contributed by atoms with Crippen molar-refractivity contribution >= 4 is 5.96 Å². The molecule has 26 heavy (non-hydrogen) atoms. The number of ether oxygens (including phenoxy) is 1. The number of aromatic nitrogens is 3. The fourth-order valence-electron chi connectivity index (χ4n) is 3.60. The monoisotopic (exact) mass is 365 g/mol. The largest absolute Gasteiger partial charge is 0.379 e. The van der Waals surface area contributed by atoms with Crippen molar-refractivity contribution in [1.82, 2.24) is 30.3 Å². The Bertz CT molecular complexity index is 535. The Kier molecular flexibility index (Phi) is 8.84. The molecule has 0 aromatic carbocycles. The lowest BCUT2D eigenvalue weighted by atomic mass is 9.92. The quantitative estimate of drug-likeness (QED) is 0.504. The lowest BCUT2D eigenvalue weighted by Crippen LogP contribution is -2.53. The average Bonchev–Trinajstić information content (AvgIpc) is 3.15. The molecule has 1 unspecified atom stereocenters. The zero-order valence-electron chi connectivity index (χ0n) is 16.7. The van der Waals surface area contributed by atoms with Crippen LogP contribution in [0.1, 0.15) is 39.4 Å². The van der Waals surface area contributed by atoms with E-state index >= 15 is 0 Å². The molecule has 0 radical (unpaired) electrons. The summed E-state index contributed by atoms with van der Waals surface area (Å²) in [6.07, 6.45) is 4.13. The van der Waals surface area contributed by atoms with Gasteiger partial charge in [-0.1, -0.05) is 26.7 Å². The van der Waals surface area contributed by atoms with Crippen LogP contribution in [-0.4, -0.2) is 71.6 Å². The van der Waals surface area contributed by atoms with Gasteiger partial charge < -0.3 is 19.9 Å². The van der Waals surface area contributed by atoms with Gasteiger partial charge in [-0.2, -0.15) is 0 Å². The van der Waals surface area contributed by atoms with E-state index in [2.05, 4.69) is 51.5 Å². The fourth-order valence-corrected chi connectivity index (χ4v) is 3.60. The molecule has 1 aromatic rings. The zero-order chi connectivity index (χ0) is 18.8. The van der Waals surface area contributed by atoms with E-state index < -0.39 is 0 Å². The van der Waals surface area contributed by atoms with Crippen LogP contribution in [0.5, 0.6) is 0 Å². The van der Waals surface area contributed by atoms with E-state index in [1.54, 1.807) is 13.4 Å². The highest BCUT2D eigenvalue weighted by Crippen LogP contribution is 2.19. The number of nitrogens with zero attached hydrogens (tertiary/aromatic N) is 5. The van der Waals surface area contributed by atoms with Gasteiger partial charge in [0.25, 0.3) is 0 Å². The summed E-state index contributed by atoms with van der Waals surface area (Å²) in [7, 11) is 1.81. The van der Waals surface area contributed by atoms with Crippen molar-refractivity contribution < 1.29 is 4.74 Å². The van der Waals surface area contributed by atoms with Crippen LogP contribution in [0.2, 0.25) is 0 Å². The van der Waals surface area contributed by atoms with Crippen LogP contribution in [0.4, 0.5) is 0 Å². The van der Waals surface area contributed by atoms with Gasteiger partial charge in [-0.25, -0.2) is 0 Å². The molecule has 1 aromatic heterocycles. The van der Waals surface area contributed by atoms with Gasteiger partial charge in [-0.15, -0.1) is 10.2 Å². The smallest absolute Gasteiger partial charge is 0.191 e. The number of aliphatic imine (C=N–C) groups is 1. The molecule has 1 saturated heterocycles. The lowest BCUT2D eigenvalue weighted by Gasteiger charge is -2.39. The van der Waals surface area contributed by atoms with Crippen molar-refractivity contribution in [3.05, 3.63) is 12.2 Å². The highest BCUT2D eigenvalue weighted by atomic mass is 16.5.